The SMILES string of the molecule is CCNC(=NCCCCSC)NC1CCN(c2cc(OC)cc(OC)c2)CC1. The molecule has 2 rings (SSSR count). The number of ether oxygens (including phenoxy) is 2. The molecule has 1 fully saturated rings. The van der Waals surface area contributed by atoms with Gasteiger partial charge in [-0.1, -0.05) is 0 Å². The van der Waals surface area contributed by atoms with Crippen LogP contribution in [0.15, 0.2) is 23.2 Å². The predicted octanol–water partition coefficient (Wildman–Crippen LogP) is 3.37. The third-order valence-electron chi connectivity index (χ3n) is 4.91. The number of aliphatic imine (C=N–C) groups is 1. The fourth-order valence-electron chi connectivity index (χ4n) is 3.32. The molecule has 1 aromatic rings. The molecule has 6 nitrogen and oxygen atoms in total. The predicted molar refractivity (Wildman–Crippen MR) is 122 cm³/mol. The number of anilines is 1. The molecule has 2 N–H and O–H groups in total. The summed E-state index contributed by atoms with van der Waals surface area (Å²) in [5.74, 6) is 3.83. The first-order valence-electron chi connectivity index (χ1n) is 10.2. The van der Waals surface area contributed by atoms with Crippen LogP contribution < -0.4 is 25.0 Å². The van der Waals surface area contributed by atoms with E-state index in [1.165, 1.54) is 12.2 Å². The van der Waals surface area contributed by atoms with E-state index in [0.29, 0.717) is 6.04 Å². The fraction of sp³-hybridized carbons (Fsp3) is 0.667. The lowest BCUT2D eigenvalue weighted by molar-refractivity contribution is 0.393. The van der Waals surface area contributed by atoms with Crippen molar-refractivity contribution < 1.29 is 9.47 Å². The molecule has 1 heterocycles. The monoisotopic (exact) mass is 408 g/mol. The smallest absolute Gasteiger partial charge is 0.191 e. The van der Waals surface area contributed by atoms with Crippen LogP contribution in [0.25, 0.3) is 0 Å². The molecule has 1 aliphatic heterocycles. The van der Waals surface area contributed by atoms with E-state index in [1.807, 2.05) is 17.8 Å². The van der Waals surface area contributed by atoms with Crippen molar-refractivity contribution >= 4 is 23.4 Å². The molecular weight excluding hydrogens is 372 g/mol. The first-order valence-corrected chi connectivity index (χ1v) is 11.6. The van der Waals surface area contributed by atoms with E-state index in [9.17, 15) is 0 Å². The van der Waals surface area contributed by atoms with E-state index in [1.54, 1.807) is 14.2 Å². The zero-order chi connectivity index (χ0) is 20.2. The normalized spacial score (nSPS) is 15.4. The summed E-state index contributed by atoms with van der Waals surface area (Å²) in [6.07, 6.45) is 6.69. The van der Waals surface area contributed by atoms with E-state index < -0.39 is 0 Å². The van der Waals surface area contributed by atoms with Crippen LogP contribution in [-0.4, -0.2) is 64.4 Å². The van der Waals surface area contributed by atoms with Crippen LogP contribution in [0.3, 0.4) is 0 Å². The Balaban J connectivity index is 1.87. The van der Waals surface area contributed by atoms with Crippen LogP contribution in [0.2, 0.25) is 0 Å². The third-order valence-corrected chi connectivity index (χ3v) is 5.60. The minimum atomic E-state index is 0.452. The Morgan fingerprint density at radius 1 is 1.14 bits per heavy atom. The van der Waals surface area contributed by atoms with Crippen molar-refractivity contribution in [2.45, 2.75) is 38.6 Å². The number of piperidine rings is 1. The van der Waals surface area contributed by atoms with Crippen molar-refractivity contribution in [1.82, 2.24) is 10.6 Å². The molecule has 0 unspecified atom stereocenters. The van der Waals surface area contributed by atoms with E-state index >= 15 is 0 Å². The average molecular weight is 409 g/mol. The molecule has 0 bridgehead atoms. The van der Waals surface area contributed by atoms with E-state index in [-0.39, 0.29) is 0 Å². The van der Waals surface area contributed by atoms with Crippen LogP contribution >= 0.6 is 11.8 Å². The van der Waals surface area contributed by atoms with Gasteiger partial charge < -0.3 is 25.0 Å². The zero-order valence-corrected chi connectivity index (χ0v) is 18.6. The lowest BCUT2D eigenvalue weighted by Crippen LogP contribution is -2.48. The Morgan fingerprint density at radius 2 is 1.82 bits per heavy atom. The number of guanidine groups is 1. The highest BCUT2D eigenvalue weighted by molar-refractivity contribution is 7.98. The highest BCUT2D eigenvalue weighted by Gasteiger charge is 2.21. The molecule has 28 heavy (non-hydrogen) atoms. The highest BCUT2D eigenvalue weighted by atomic mass is 32.2. The molecule has 0 amide bonds. The van der Waals surface area contributed by atoms with Gasteiger partial charge in [-0.2, -0.15) is 11.8 Å². The molecule has 0 atom stereocenters. The largest absolute Gasteiger partial charge is 0.497 e. The van der Waals surface area contributed by atoms with Crippen molar-refractivity contribution in [2.24, 2.45) is 4.99 Å². The summed E-state index contributed by atoms with van der Waals surface area (Å²) in [6.45, 7) is 5.89. The Kier molecular flexibility index (Phi) is 10.2. The van der Waals surface area contributed by atoms with Gasteiger partial charge in [-0.3, -0.25) is 4.99 Å². The molecule has 0 saturated carbocycles. The molecule has 1 saturated heterocycles. The van der Waals surface area contributed by atoms with Crippen molar-refractivity contribution in [1.29, 1.82) is 0 Å². The molecule has 1 aromatic carbocycles. The third kappa shape index (κ3) is 7.34. The lowest BCUT2D eigenvalue weighted by atomic mass is 10.0. The van der Waals surface area contributed by atoms with Gasteiger partial charge in [0.25, 0.3) is 0 Å². The van der Waals surface area contributed by atoms with Gasteiger partial charge in [-0.25, -0.2) is 0 Å². The Hall–Kier alpha value is -1.76. The molecule has 0 spiro atoms. The molecule has 1 aliphatic rings. The first kappa shape index (κ1) is 22.5. The number of unbranched alkanes of at least 4 members (excludes halogenated alkanes) is 1. The maximum atomic E-state index is 5.41. The maximum Gasteiger partial charge on any atom is 0.191 e. The molecule has 0 aromatic heterocycles. The van der Waals surface area contributed by atoms with Gasteiger partial charge >= 0.3 is 0 Å². The summed E-state index contributed by atoms with van der Waals surface area (Å²) in [5.41, 5.74) is 1.16. The Morgan fingerprint density at radius 3 is 2.39 bits per heavy atom. The van der Waals surface area contributed by atoms with Gasteiger partial charge in [0.05, 0.1) is 14.2 Å². The first-order chi connectivity index (χ1) is 13.7. The van der Waals surface area contributed by atoms with Gasteiger partial charge in [-0.05, 0) is 44.6 Å². The van der Waals surface area contributed by atoms with Crippen molar-refractivity contribution in [3.05, 3.63) is 18.2 Å². The van der Waals surface area contributed by atoms with Crippen LogP contribution in [0.1, 0.15) is 32.6 Å². The van der Waals surface area contributed by atoms with Gasteiger partial charge in [0.2, 0.25) is 0 Å². The lowest BCUT2D eigenvalue weighted by Gasteiger charge is -2.34. The van der Waals surface area contributed by atoms with E-state index in [0.717, 1.165) is 68.6 Å². The second-order valence-corrected chi connectivity index (χ2v) is 7.92. The number of nitrogens with one attached hydrogen (secondary N) is 2. The number of rotatable bonds is 10. The van der Waals surface area contributed by atoms with E-state index in [4.69, 9.17) is 14.5 Å². The van der Waals surface area contributed by atoms with Crippen molar-refractivity contribution in [3.63, 3.8) is 0 Å². The Labute approximate surface area is 174 Å². The summed E-state index contributed by atoms with van der Waals surface area (Å²) >= 11 is 1.90. The fourth-order valence-corrected chi connectivity index (χ4v) is 3.81. The van der Waals surface area contributed by atoms with Gasteiger partial charge in [0, 0.05) is 56.1 Å². The summed E-state index contributed by atoms with van der Waals surface area (Å²) in [4.78, 5) is 7.14. The average Bonchev–Trinajstić information content (AvgIpc) is 2.73. The summed E-state index contributed by atoms with van der Waals surface area (Å²) in [5, 5.41) is 7.00. The van der Waals surface area contributed by atoms with Crippen LogP contribution in [-0.2, 0) is 0 Å². The second kappa shape index (κ2) is 12.6. The quantitative estimate of drug-likeness (QED) is 0.352. The standard InChI is InChI=1S/C21H36N4O2S/c1-5-22-21(23-10-6-7-13-28-4)24-17-8-11-25(12-9-17)18-14-19(26-2)16-20(15-18)27-3/h14-17H,5-13H2,1-4H3,(H2,22,23,24). The van der Waals surface area contributed by atoms with Crippen molar-refractivity contribution in [2.75, 3.05) is 57.3 Å². The zero-order valence-electron chi connectivity index (χ0n) is 17.8. The van der Waals surface area contributed by atoms with Crippen LogP contribution in [0.4, 0.5) is 5.69 Å². The van der Waals surface area contributed by atoms with Crippen LogP contribution in [0, 0.1) is 0 Å². The number of hydrogen-bond acceptors (Lipinski definition) is 5. The topological polar surface area (TPSA) is 58.1 Å². The summed E-state index contributed by atoms with van der Waals surface area (Å²) in [6, 6.07) is 6.52. The van der Waals surface area contributed by atoms with Gasteiger partial charge in [0.1, 0.15) is 11.5 Å². The number of hydrogen-bond donors (Lipinski definition) is 2. The summed E-state index contributed by atoms with van der Waals surface area (Å²) in [7, 11) is 3.38. The molecule has 7 heteroatoms. The van der Waals surface area contributed by atoms with Crippen LogP contribution in [0.5, 0.6) is 11.5 Å². The van der Waals surface area contributed by atoms with E-state index in [2.05, 4.69) is 40.8 Å². The summed E-state index contributed by atoms with van der Waals surface area (Å²) < 4.78 is 10.8. The number of thioether (sulfide) groups is 1. The van der Waals surface area contributed by atoms with Crippen molar-refractivity contribution in [3.8, 4) is 11.5 Å². The molecule has 0 aliphatic carbocycles. The molecule has 158 valence electrons. The van der Waals surface area contributed by atoms with Gasteiger partial charge in [0.15, 0.2) is 5.96 Å². The Bertz CT molecular complexity index is 582. The number of methoxy groups -OCH3 is 2. The second-order valence-electron chi connectivity index (χ2n) is 6.94. The molecule has 0 radical (unpaired) electrons. The molecular formula is C21H36N4O2S. The van der Waals surface area contributed by atoms with Gasteiger partial charge in [-0.15, -0.1) is 0 Å². The highest BCUT2D eigenvalue weighted by Crippen LogP contribution is 2.30. The minimum Gasteiger partial charge on any atom is -0.497 e. The minimum absolute atomic E-state index is 0.452. The maximum absolute atomic E-state index is 5.41. The number of nitrogens with zero attached hydrogens (tertiary/aromatic N) is 2. The number of benzene rings is 1.